The summed E-state index contributed by atoms with van der Waals surface area (Å²) < 4.78 is 58.7. The molecule has 142 valence electrons. The van der Waals surface area contributed by atoms with Crippen molar-refractivity contribution in [3.63, 3.8) is 0 Å². The van der Waals surface area contributed by atoms with Crippen LogP contribution in [0, 0.1) is 5.82 Å². The Morgan fingerprint density at radius 1 is 0.963 bits per heavy atom. The summed E-state index contributed by atoms with van der Waals surface area (Å²) in [5.74, 6) is -0.484. The second-order valence-electron chi connectivity index (χ2n) is 7.12. The molecule has 1 heterocycles. The van der Waals surface area contributed by atoms with Crippen molar-refractivity contribution in [2.75, 3.05) is 0 Å². The van der Waals surface area contributed by atoms with E-state index < -0.39 is 29.3 Å². The molecule has 0 amide bonds. The molecule has 0 aliphatic rings. The Bertz CT molecular complexity index is 996. The number of hydrogen-bond acceptors (Lipinski definition) is 2. The number of carbonyl (C=O) groups is 1. The topological polar surface area (TPSA) is 31.2 Å². The number of aromatic nitrogens is 1. The highest BCUT2D eigenvalue weighted by Gasteiger charge is 2.30. The molecule has 7 heteroatoms. The average Bonchev–Trinajstić information content (AvgIpc) is 2.91. The highest BCUT2D eigenvalue weighted by atomic mass is 19.4. The van der Waals surface area contributed by atoms with Crippen LogP contribution in [0.1, 0.15) is 26.3 Å². The van der Waals surface area contributed by atoms with Crippen molar-refractivity contribution in [1.29, 1.82) is 0 Å². The second kappa shape index (κ2) is 6.40. The third kappa shape index (κ3) is 3.97. The number of halogens is 4. The van der Waals surface area contributed by atoms with Gasteiger partial charge >= 0.3 is 12.3 Å². The molecule has 0 aliphatic heterocycles. The normalized spacial score (nSPS) is 12.4. The highest BCUT2D eigenvalue weighted by Crippen LogP contribution is 2.33. The molecule has 3 nitrogen and oxygen atoms in total. The van der Waals surface area contributed by atoms with E-state index in [4.69, 9.17) is 4.74 Å². The first-order chi connectivity index (χ1) is 12.5. The van der Waals surface area contributed by atoms with Crippen LogP contribution in [0.25, 0.3) is 22.2 Å². The number of hydrogen-bond donors (Lipinski definition) is 0. The molecule has 0 N–H and O–H groups in total. The summed E-state index contributed by atoms with van der Waals surface area (Å²) in [6.45, 7) is 5.11. The maximum absolute atomic E-state index is 13.6. The number of benzene rings is 2. The quantitative estimate of drug-likeness (QED) is 0.468. The molecule has 0 aliphatic carbocycles. The third-order valence-electron chi connectivity index (χ3n) is 3.85. The van der Waals surface area contributed by atoms with Crippen LogP contribution in [0.15, 0.2) is 48.5 Å². The van der Waals surface area contributed by atoms with Gasteiger partial charge in [-0.05, 0) is 62.7 Å². The first-order valence-corrected chi connectivity index (χ1v) is 8.18. The molecule has 0 unspecified atom stereocenters. The van der Waals surface area contributed by atoms with Gasteiger partial charge in [0.2, 0.25) is 0 Å². The Labute approximate surface area is 153 Å². The van der Waals surface area contributed by atoms with E-state index in [0.29, 0.717) is 22.2 Å². The van der Waals surface area contributed by atoms with Gasteiger partial charge in [0.1, 0.15) is 11.4 Å². The van der Waals surface area contributed by atoms with E-state index in [0.717, 1.165) is 12.1 Å². The predicted octanol–water partition coefficient (Wildman–Crippen LogP) is 6.25. The lowest BCUT2D eigenvalue weighted by molar-refractivity contribution is -0.137. The maximum atomic E-state index is 13.6. The van der Waals surface area contributed by atoms with E-state index in [-0.39, 0.29) is 0 Å². The van der Waals surface area contributed by atoms with Crippen molar-refractivity contribution in [1.82, 2.24) is 4.57 Å². The van der Waals surface area contributed by atoms with E-state index in [1.165, 1.54) is 34.9 Å². The summed E-state index contributed by atoms with van der Waals surface area (Å²) in [7, 11) is 0. The van der Waals surface area contributed by atoms with E-state index in [1.54, 1.807) is 26.8 Å². The molecule has 0 bridgehead atoms. The molecule has 1 aromatic heterocycles. The molecule has 0 atom stereocenters. The van der Waals surface area contributed by atoms with Gasteiger partial charge in [-0.2, -0.15) is 13.2 Å². The minimum absolute atomic E-state index is 0.318. The van der Waals surface area contributed by atoms with Crippen molar-refractivity contribution >= 4 is 17.0 Å². The Kier molecular flexibility index (Phi) is 4.49. The van der Waals surface area contributed by atoms with Gasteiger partial charge in [0.05, 0.1) is 16.8 Å². The van der Waals surface area contributed by atoms with E-state index in [9.17, 15) is 22.4 Å². The fraction of sp³-hybridized carbons (Fsp3) is 0.250. The summed E-state index contributed by atoms with van der Waals surface area (Å²) in [6.07, 6.45) is -5.15. The minimum Gasteiger partial charge on any atom is -0.443 e. The molecular formula is C20H17F4NO2. The summed E-state index contributed by atoms with van der Waals surface area (Å²) >= 11 is 0. The standard InChI is InChI=1S/C20H17F4NO2/c1-19(2,3)27-18(26)25-16-9-8-15(21)10-13(16)11-17(25)12-4-6-14(7-5-12)20(22,23)24/h4-11H,1-3H3. The molecule has 0 saturated carbocycles. The van der Waals surface area contributed by atoms with Gasteiger partial charge in [-0.1, -0.05) is 12.1 Å². The molecule has 0 fully saturated rings. The van der Waals surface area contributed by atoms with Gasteiger partial charge in [0.25, 0.3) is 0 Å². The second-order valence-corrected chi connectivity index (χ2v) is 7.12. The summed E-state index contributed by atoms with van der Waals surface area (Å²) in [4.78, 5) is 12.7. The van der Waals surface area contributed by atoms with E-state index >= 15 is 0 Å². The van der Waals surface area contributed by atoms with Crippen LogP contribution in [0.5, 0.6) is 0 Å². The van der Waals surface area contributed by atoms with Crippen LogP contribution in [-0.4, -0.2) is 16.3 Å². The summed E-state index contributed by atoms with van der Waals surface area (Å²) in [5.41, 5.74) is -0.465. The summed E-state index contributed by atoms with van der Waals surface area (Å²) in [5, 5.41) is 0.441. The first kappa shape index (κ1) is 18.9. The smallest absolute Gasteiger partial charge is 0.419 e. The SMILES string of the molecule is CC(C)(C)OC(=O)n1c(-c2ccc(C(F)(F)F)cc2)cc2cc(F)ccc21. The minimum atomic E-state index is -4.46. The fourth-order valence-electron chi connectivity index (χ4n) is 2.73. The van der Waals surface area contributed by atoms with E-state index in [1.807, 2.05) is 0 Å². The van der Waals surface area contributed by atoms with Gasteiger partial charge in [-0.3, -0.25) is 0 Å². The van der Waals surface area contributed by atoms with Crippen molar-refractivity contribution in [3.05, 3.63) is 59.9 Å². The molecule has 0 saturated heterocycles. The van der Waals surface area contributed by atoms with Crippen molar-refractivity contribution in [3.8, 4) is 11.3 Å². The lowest BCUT2D eigenvalue weighted by atomic mass is 10.1. The number of nitrogens with zero attached hydrogens (tertiary/aromatic N) is 1. The zero-order valence-corrected chi connectivity index (χ0v) is 14.9. The maximum Gasteiger partial charge on any atom is 0.419 e. The number of fused-ring (bicyclic) bond motifs is 1. The molecule has 0 spiro atoms. The summed E-state index contributed by atoms with van der Waals surface area (Å²) in [6, 6.07) is 9.86. The molecule has 3 rings (SSSR count). The number of carbonyl (C=O) groups excluding carboxylic acids is 1. The number of rotatable bonds is 1. The van der Waals surface area contributed by atoms with Crippen LogP contribution < -0.4 is 0 Å². The molecule has 0 radical (unpaired) electrons. The highest BCUT2D eigenvalue weighted by molar-refractivity contribution is 5.96. The van der Waals surface area contributed by atoms with Gasteiger partial charge in [-0.25, -0.2) is 13.8 Å². The average molecular weight is 379 g/mol. The van der Waals surface area contributed by atoms with Crippen molar-refractivity contribution in [2.45, 2.75) is 32.5 Å². The number of ether oxygens (including phenoxy) is 1. The van der Waals surface area contributed by atoms with Crippen molar-refractivity contribution < 1.29 is 27.1 Å². The van der Waals surface area contributed by atoms with Crippen LogP contribution >= 0.6 is 0 Å². The van der Waals surface area contributed by atoms with Gasteiger partial charge in [0, 0.05) is 5.39 Å². The lowest BCUT2D eigenvalue weighted by Crippen LogP contribution is -2.27. The van der Waals surface area contributed by atoms with E-state index in [2.05, 4.69) is 0 Å². The Balaban J connectivity index is 2.17. The van der Waals surface area contributed by atoms with Gasteiger partial charge in [-0.15, -0.1) is 0 Å². The molecule has 27 heavy (non-hydrogen) atoms. The number of alkyl halides is 3. The van der Waals surface area contributed by atoms with Crippen LogP contribution in [0.4, 0.5) is 22.4 Å². The fourth-order valence-corrected chi connectivity index (χ4v) is 2.73. The van der Waals surface area contributed by atoms with Gasteiger partial charge < -0.3 is 4.74 Å². The Hall–Kier alpha value is -2.83. The monoisotopic (exact) mass is 379 g/mol. The zero-order valence-electron chi connectivity index (χ0n) is 14.9. The van der Waals surface area contributed by atoms with Crippen LogP contribution in [0.3, 0.4) is 0 Å². The Morgan fingerprint density at radius 3 is 2.15 bits per heavy atom. The third-order valence-corrected chi connectivity index (χ3v) is 3.85. The predicted molar refractivity (Wildman–Crippen MR) is 94.0 cm³/mol. The molecular weight excluding hydrogens is 362 g/mol. The van der Waals surface area contributed by atoms with Crippen LogP contribution in [-0.2, 0) is 10.9 Å². The van der Waals surface area contributed by atoms with Crippen molar-refractivity contribution in [2.24, 2.45) is 0 Å². The molecule has 3 aromatic rings. The largest absolute Gasteiger partial charge is 0.443 e. The van der Waals surface area contributed by atoms with Gasteiger partial charge in [0.15, 0.2) is 0 Å². The zero-order chi connectivity index (χ0) is 20.0. The Morgan fingerprint density at radius 2 is 1.59 bits per heavy atom. The molecule has 2 aromatic carbocycles. The lowest BCUT2D eigenvalue weighted by Gasteiger charge is -2.21. The first-order valence-electron chi connectivity index (χ1n) is 8.18. The van der Waals surface area contributed by atoms with Crippen LogP contribution in [0.2, 0.25) is 0 Å².